The van der Waals surface area contributed by atoms with Gasteiger partial charge in [-0.05, 0) is 43.7 Å². The topological polar surface area (TPSA) is 85.9 Å². The molecule has 0 fully saturated rings. The molecule has 0 bridgehead atoms. The molecule has 0 radical (unpaired) electrons. The third kappa shape index (κ3) is 3.88. The molecule has 2 aromatic carbocycles. The molecule has 3 rings (SSSR count). The summed E-state index contributed by atoms with van der Waals surface area (Å²) in [6.45, 7) is 3.93. The van der Waals surface area contributed by atoms with Crippen LogP contribution < -0.4 is 20.1 Å². The maximum absolute atomic E-state index is 12.5. The lowest BCUT2D eigenvalue weighted by Gasteiger charge is -2.26. The Kier molecular flexibility index (Phi) is 5.26. The third-order valence-corrected chi connectivity index (χ3v) is 3.90. The van der Waals surface area contributed by atoms with Crippen molar-refractivity contribution in [3.8, 4) is 11.5 Å². The Bertz CT molecular complexity index is 821. The minimum atomic E-state index is -0.758. The Morgan fingerprint density at radius 2 is 1.77 bits per heavy atom. The molecule has 2 amide bonds. The Morgan fingerprint density at radius 1 is 1.08 bits per heavy atom. The summed E-state index contributed by atoms with van der Waals surface area (Å²) in [6.07, 6.45) is -1.30. The van der Waals surface area contributed by atoms with Crippen LogP contribution in [0.25, 0.3) is 0 Å². The molecule has 0 aromatic heterocycles. The van der Waals surface area contributed by atoms with Crippen molar-refractivity contribution in [3.05, 3.63) is 48.0 Å². The van der Waals surface area contributed by atoms with Gasteiger partial charge in [-0.25, -0.2) is 4.79 Å². The largest absolute Gasteiger partial charge is 0.485 e. The molecule has 0 aliphatic carbocycles. The number of carbonyl (C=O) groups excluding carboxylic acids is 2. The molecule has 2 aromatic rings. The Morgan fingerprint density at radius 3 is 2.50 bits per heavy atom. The predicted octanol–water partition coefficient (Wildman–Crippen LogP) is 3.34. The lowest BCUT2D eigenvalue weighted by Crippen LogP contribution is -2.40. The molecule has 7 heteroatoms. The molecule has 26 heavy (non-hydrogen) atoms. The van der Waals surface area contributed by atoms with Crippen LogP contribution in [0.3, 0.4) is 0 Å². The fraction of sp³-hybridized carbons (Fsp3) is 0.263. The number of ether oxygens (including phenoxy) is 3. The van der Waals surface area contributed by atoms with E-state index in [-0.39, 0.29) is 19.1 Å². The number of fused-ring (bicyclic) bond motifs is 1. The first-order valence-corrected chi connectivity index (χ1v) is 8.31. The van der Waals surface area contributed by atoms with E-state index in [1.807, 2.05) is 12.1 Å². The average Bonchev–Trinajstić information content (AvgIpc) is 2.64. The molecule has 1 aliphatic heterocycles. The van der Waals surface area contributed by atoms with Gasteiger partial charge in [-0.15, -0.1) is 0 Å². The van der Waals surface area contributed by atoms with Crippen molar-refractivity contribution in [1.29, 1.82) is 0 Å². The first-order chi connectivity index (χ1) is 12.6. The molecule has 1 heterocycles. The van der Waals surface area contributed by atoms with E-state index in [2.05, 4.69) is 10.6 Å². The van der Waals surface area contributed by atoms with Crippen molar-refractivity contribution in [2.75, 3.05) is 23.8 Å². The van der Waals surface area contributed by atoms with Crippen LogP contribution in [-0.4, -0.2) is 31.3 Å². The highest BCUT2D eigenvalue weighted by Gasteiger charge is 2.27. The zero-order valence-electron chi connectivity index (χ0n) is 14.6. The minimum absolute atomic E-state index is 0.128. The Hall–Kier alpha value is -3.22. The molecule has 0 spiro atoms. The summed E-state index contributed by atoms with van der Waals surface area (Å²) in [7, 11) is 0. The van der Waals surface area contributed by atoms with Crippen molar-refractivity contribution in [1.82, 2.24) is 0 Å². The normalized spacial score (nSPS) is 15.1. The van der Waals surface area contributed by atoms with E-state index < -0.39 is 12.2 Å². The first-order valence-electron chi connectivity index (χ1n) is 8.31. The van der Waals surface area contributed by atoms with Gasteiger partial charge in [0.25, 0.3) is 5.91 Å². The molecular weight excluding hydrogens is 336 g/mol. The fourth-order valence-electron chi connectivity index (χ4n) is 2.55. The van der Waals surface area contributed by atoms with Gasteiger partial charge in [0.05, 0.1) is 6.61 Å². The summed E-state index contributed by atoms with van der Waals surface area (Å²) < 4.78 is 16.2. The minimum Gasteiger partial charge on any atom is -0.485 e. The van der Waals surface area contributed by atoms with Crippen molar-refractivity contribution >= 4 is 23.4 Å². The van der Waals surface area contributed by atoms with Crippen molar-refractivity contribution in [2.45, 2.75) is 20.0 Å². The third-order valence-electron chi connectivity index (χ3n) is 3.90. The SMILES string of the molecule is CCOC(=O)Nc1cccc(NC(=O)C2COc3ccccc3O2)c1C. The average molecular weight is 356 g/mol. The van der Waals surface area contributed by atoms with Gasteiger partial charge in [-0.3, -0.25) is 10.1 Å². The van der Waals surface area contributed by atoms with Gasteiger partial charge in [0.1, 0.15) is 6.61 Å². The summed E-state index contributed by atoms with van der Waals surface area (Å²) >= 11 is 0. The molecule has 1 atom stereocenters. The zero-order valence-corrected chi connectivity index (χ0v) is 14.6. The molecule has 7 nitrogen and oxygen atoms in total. The van der Waals surface area contributed by atoms with Crippen LogP contribution in [-0.2, 0) is 9.53 Å². The second kappa shape index (κ2) is 7.77. The second-order valence-electron chi connectivity index (χ2n) is 5.68. The summed E-state index contributed by atoms with van der Waals surface area (Å²) in [5, 5.41) is 5.47. The molecule has 1 aliphatic rings. The van der Waals surface area contributed by atoms with Crippen molar-refractivity contribution in [3.63, 3.8) is 0 Å². The number of anilines is 2. The highest BCUT2D eigenvalue weighted by Crippen LogP contribution is 2.31. The highest BCUT2D eigenvalue weighted by atomic mass is 16.6. The molecule has 136 valence electrons. The maximum Gasteiger partial charge on any atom is 0.411 e. The van der Waals surface area contributed by atoms with Gasteiger partial charge in [0.15, 0.2) is 11.5 Å². The number of nitrogens with one attached hydrogen (secondary N) is 2. The van der Waals surface area contributed by atoms with Gasteiger partial charge >= 0.3 is 6.09 Å². The number of amides is 2. The molecular formula is C19H20N2O5. The Labute approximate surface area is 151 Å². The standard InChI is InChI=1S/C19H20N2O5/c1-3-24-19(23)21-14-8-6-7-13(12(14)2)20-18(22)17-11-25-15-9-4-5-10-16(15)26-17/h4-10,17H,3,11H2,1-2H3,(H,20,22)(H,21,23). The number of para-hydroxylation sites is 2. The van der Waals surface area contributed by atoms with E-state index in [4.69, 9.17) is 14.2 Å². The van der Waals surface area contributed by atoms with Crippen molar-refractivity contribution in [2.24, 2.45) is 0 Å². The van der Waals surface area contributed by atoms with E-state index in [9.17, 15) is 9.59 Å². The molecule has 1 unspecified atom stereocenters. The first kappa shape index (κ1) is 17.6. The van der Waals surface area contributed by atoms with Gasteiger partial charge in [0, 0.05) is 11.4 Å². The Balaban J connectivity index is 1.69. The van der Waals surface area contributed by atoms with Gasteiger partial charge in [0.2, 0.25) is 6.10 Å². The van der Waals surface area contributed by atoms with E-state index in [0.717, 1.165) is 0 Å². The van der Waals surface area contributed by atoms with E-state index in [1.165, 1.54) is 0 Å². The number of carbonyl (C=O) groups is 2. The molecule has 2 N–H and O–H groups in total. The van der Waals surface area contributed by atoms with Crippen LogP contribution in [0.15, 0.2) is 42.5 Å². The van der Waals surface area contributed by atoms with Gasteiger partial charge in [-0.1, -0.05) is 18.2 Å². The van der Waals surface area contributed by atoms with E-state index in [0.29, 0.717) is 28.4 Å². The van der Waals surface area contributed by atoms with Gasteiger partial charge < -0.3 is 19.5 Å². The smallest absolute Gasteiger partial charge is 0.411 e. The lowest BCUT2D eigenvalue weighted by molar-refractivity contribution is -0.125. The maximum atomic E-state index is 12.5. The molecule has 0 saturated carbocycles. The quantitative estimate of drug-likeness (QED) is 0.877. The zero-order chi connectivity index (χ0) is 18.5. The summed E-state index contributed by atoms with van der Waals surface area (Å²) in [6, 6.07) is 12.4. The highest BCUT2D eigenvalue weighted by molar-refractivity contribution is 5.97. The fourth-order valence-corrected chi connectivity index (χ4v) is 2.55. The van der Waals surface area contributed by atoms with Crippen LogP contribution >= 0.6 is 0 Å². The summed E-state index contributed by atoms with van der Waals surface area (Å²) in [4.78, 5) is 24.1. The van der Waals surface area contributed by atoms with Crippen LogP contribution in [0, 0.1) is 6.92 Å². The predicted molar refractivity (Wildman–Crippen MR) is 96.8 cm³/mol. The van der Waals surface area contributed by atoms with E-state index in [1.54, 1.807) is 44.2 Å². The van der Waals surface area contributed by atoms with Crippen LogP contribution in [0.4, 0.5) is 16.2 Å². The monoisotopic (exact) mass is 356 g/mol. The second-order valence-corrected chi connectivity index (χ2v) is 5.68. The van der Waals surface area contributed by atoms with Gasteiger partial charge in [-0.2, -0.15) is 0 Å². The number of hydrogen-bond donors (Lipinski definition) is 2. The van der Waals surface area contributed by atoms with Crippen LogP contribution in [0.2, 0.25) is 0 Å². The van der Waals surface area contributed by atoms with E-state index >= 15 is 0 Å². The number of benzene rings is 2. The van der Waals surface area contributed by atoms with Crippen molar-refractivity contribution < 1.29 is 23.8 Å². The number of hydrogen-bond acceptors (Lipinski definition) is 5. The molecule has 0 saturated heterocycles. The number of rotatable bonds is 4. The summed E-state index contributed by atoms with van der Waals surface area (Å²) in [5.41, 5.74) is 1.85. The lowest BCUT2D eigenvalue weighted by atomic mass is 10.1. The van der Waals surface area contributed by atoms with Crippen LogP contribution in [0.5, 0.6) is 11.5 Å². The summed E-state index contributed by atoms with van der Waals surface area (Å²) in [5.74, 6) is 0.831. The van der Waals surface area contributed by atoms with Crippen LogP contribution in [0.1, 0.15) is 12.5 Å².